The first-order valence-corrected chi connectivity index (χ1v) is 4.41. The second kappa shape index (κ2) is 2.85. The van der Waals surface area contributed by atoms with Crippen molar-refractivity contribution in [3.05, 3.63) is 33.2 Å². The van der Waals surface area contributed by atoms with Crippen molar-refractivity contribution in [1.82, 2.24) is 9.97 Å². The molecule has 0 aliphatic carbocycles. The molecular formula is C8H6BrN3O. The van der Waals surface area contributed by atoms with Crippen molar-refractivity contribution in [3.63, 3.8) is 0 Å². The summed E-state index contributed by atoms with van der Waals surface area (Å²) in [4.78, 5) is 17.1. The fraction of sp³-hybridized carbons (Fsp3) is 0. The molecule has 3 N–H and O–H groups in total. The third-order valence-electron chi connectivity index (χ3n) is 1.72. The maximum absolute atomic E-state index is 10.9. The summed E-state index contributed by atoms with van der Waals surface area (Å²) in [5, 5.41) is 0.744. The Bertz CT molecular complexity index is 520. The van der Waals surface area contributed by atoms with Crippen LogP contribution in [0.15, 0.2) is 27.5 Å². The summed E-state index contributed by atoms with van der Waals surface area (Å²) in [5.74, 6) is 0.250. The number of nitrogens with one attached hydrogen (secondary N) is 1. The van der Waals surface area contributed by atoms with E-state index in [4.69, 9.17) is 5.73 Å². The van der Waals surface area contributed by atoms with Crippen LogP contribution in [0.1, 0.15) is 0 Å². The van der Waals surface area contributed by atoms with Gasteiger partial charge in [-0.2, -0.15) is 4.98 Å². The third kappa shape index (κ3) is 1.42. The number of benzene rings is 1. The first-order valence-electron chi connectivity index (χ1n) is 3.62. The molecule has 66 valence electrons. The van der Waals surface area contributed by atoms with Gasteiger partial charge < -0.3 is 10.7 Å². The zero-order valence-electron chi connectivity index (χ0n) is 6.54. The SMILES string of the molecule is Nc1nc(=O)[nH]c2ccc(Br)cc12. The van der Waals surface area contributed by atoms with Crippen LogP contribution < -0.4 is 11.4 Å². The Labute approximate surface area is 81.9 Å². The molecule has 0 radical (unpaired) electrons. The molecule has 1 heterocycles. The number of rotatable bonds is 0. The van der Waals surface area contributed by atoms with Gasteiger partial charge in [-0.3, -0.25) is 0 Å². The van der Waals surface area contributed by atoms with Crippen LogP contribution in [0.25, 0.3) is 10.9 Å². The molecule has 0 aliphatic heterocycles. The molecule has 0 amide bonds. The number of nitrogens with two attached hydrogens (primary N) is 1. The van der Waals surface area contributed by atoms with Gasteiger partial charge in [0.25, 0.3) is 0 Å². The maximum Gasteiger partial charge on any atom is 0.347 e. The zero-order chi connectivity index (χ0) is 9.42. The zero-order valence-corrected chi connectivity index (χ0v) is 8.13. The minimum Gasteiger partial charge on any atom is -0.383 e. The number of nitrogens with zero attached hydrogens (tertiary/aromatic N) is 1. The van der Waals surface area contributed by atoms with Crippen molar-refractivity contribution in [2.45, 2.75) is 0 Å². The van der Waals surface area contributed by atoms with E-state index in [1.165, 1.54) is 0 Å². The second-order valence-corrected chi connectivity index (χ2v) is 3.53. The maximum atomic E-state index is 10.9. The lowest BCUT2D eigenvalue weighted by atomic mass is 10.2. The van der Waals surface area contributed by atoms with E-state index in [0.717, 1.165) is 9.86 Å². The fourth-order valence-electron chi connectivity index (χ4n) is 1.15. The van der Waals surface area contributed by atoms with Gasteiger partial charge in [-0.1, -0.05) is 15.9 Å². The average molecular weight is 240 g/mol. The Balaban J connectivity index is 2.95. The van der Waals surface area contributed by atoms with Crippen LogP contribution >= 0.6 is 15.9 Å². The monoisotopic (exact) mass is 239 g/mol. The van der Waals surface area contributed by atoms with Gasteiger partial charge in [-0.05, 0) is 18.2 Å². The van der Waals surface area contributed by atoms with Gasteiger partial charge in [-0.25, -0.2) is 4.79 Å². The lowest BCUT2D eigenvalue weighted by molar-refractivity contribution is 1.13. The Morgan fingerprint density at radius 1 is 1.46 bits per heavy atom. The molecule has 5 heteroatoms. The Morgan fingerprint density at radius 2 is 2.23 bits per heavy atom. The molecule has 0 spiro atoms. The molecule has 2 aromatic rings. The normalized spacial score (nSPS) is 10.5. The predicted molar refractivity (Wildman–Crippen MR) is 54.5 cm³/mol. The summed E-state index contributed by atoms with van der Waals surface area (Å²) in [6.07, 6.45) is 0. The van der Waals surface area contributed by atoms with Crippen molar-refractivity contribution in [3.8, 4) is 0 Å². The highest BCUT2D eigenvalue weighted by molar-refractivity contribution is 9.10. The highest BCUT2D eigenvalue weighted by Gasteiger charge is 2.01. The highest BCUT2D eigenvalue weighted by atomic mass is 79.9. The van der Waals surface area contributed by atoms with Gasteiger partial charge in [0, 0.05) is 9.86 Å². The van der Waals surface area contributed by atoms with Gasteiger partial charge in [0.2, 0.25) is 0 Å². The van der Waals surface area contributed by atoms with Gasteiger partial charge in [0.15, 0.2) is 0 Å². The van der Waals surface area contributed by atoms with Crippen molar-refractivity contribution >= 4 is 32.7 Å². The number of fused-ring (bicyclic) bond motifs is 1. The quantitative estimate of drug-likeness (QED) is 0.728. The van der Waals surface area contributed by atoms with Crippen molar-refractivity contribution in [2.24, 2.45) is 0 Å². The molecule has 1 aromatic carbocycles. The molecule has 4 nitrogen and oxygen atoms in total. The molecule has 2 rings (SSSR count). The number of anilines is 1. The topological polar surface area (TPSA) is 71.8 Å². The van der Waals surface area contributed by atoms with Crippen LogP contribution in [0.4, 0.5) is 5.82 Å². The van der Waals surface area contributed by atoms with Gasteiger partial charge in [0.05, 0.1) is 5.52 Å². The minimum atomic E-state index is -0.424. The number of nitrogen functional groups attached to an aromatic ring is 1. The molecular weight excluding hydrogens is 234 g/mol. The summed E-state index contributed by atoms with van der Waals surface area (Å²) < 4.78 is 0.903. The van der Waals surface area contributed by atoms with Crippen molar-refractivity contribution in [2.75, 3.05) is 5.73 Å². The first kappa shape index (κ1) is 8.25. The number of halogens is 1. The van der Waals surface area contributed by atoms with Crippen LogP contribution in [-0.2, 0) is 0 Å². The second-order valence-electron chi connectivity index (χ2n) is 2.62. The Morgan fingerprint density at radius 3 is 3.00 bits per heavy atom. The molecule has 0 fully saturated rings. The number of aromatic nitrogens is 2. The molecule has 1 aromatic heterocycles. The summed E-state index contributed by atoms with van der Waals surface area (Å²) in [5.41, 5.74) is 5.85. The first-order chi connectivity index (χ1) is 6.16. The summed E-state index contributed by atoms with van der Waals surface area (Å²) >= 11 is 3.31. The largest absolute Gasteiger partial charge is 0.383 e. The van der Waals surface area contributed by atoms with E-state index in [0.29, 0.717) is 5.52 Å². The van der Waals surface area contributed by atoms with Crippen LogP contribution in [0.2, 0.25) is 0 Å². The van der Waals surface area contributed by atoms with E-state index in [2.05, 4.69) is 25.9 Å². The lowest BCUT2D eigenvalue weighted by Gasteiger charge is -1.99. The van der Waals surface area contributed by atoms with E-state index in [1.54, 1.807) is 6.07 Å². The van der Waals surface area contributed by atoms with E-state index in [1.807, 2.05) is 12.1 Å². The molecule has 0 bridgehead atoms. The van der Waals surface area contributed by atoms with Gasteiger partial charge >= 0.3 is 5.69 Å². The number of hydrogen-bond acceptors (Lipinski definition) is 3. The smallest absolute Gasteiger partial charge is 0.347 e. The molecule has 0 saturated carbocycles. The standard InChI is InChI=1S/C8H6BrN3O/c9-4-1-2-6-5(3-4)7(10)12-8(13)11-6/h1-3H,(H3,10,11,12,13). The summed E-state index contributed by atoms with van der Waals surface area (Å²) in [6.45, 7) is 0. The number of hydrogen-bond donors (Lipinski definition) is 2. The van der Waals surface area contributed by atoms with Crippen molar-refractivity contribution < 1.29 is 0 Å². The average Bonchev–Trinajstić information content (AvgIpc) is 2.06. The number of aromatic amines is 1. The Kier molecular flexibility index (Phi) is 1.81. The molecule has 0 aliphatic rings. The van der Waals surface area contributed by atoms with Crippen LogP contribution in [0.3, 0.4) is 0 Å². The van der Waals surface area contributed by atoms with E-state index in [9.17, 15) is 4.79 Å². The summed E-state index contributed by atoms with van der Waals surface area (Å²) in [6, 6.07) is 5.42. The van der Waals surface area contributed by atoms with Gasteiger partial charge in [0.1, 0.15) is 5.82 Å². The van der Waals surface area contributed by atoms with E-state index >= 15 is 0 Å². The minimum absolute atomic E-state index is 0.250. The van der Waals surface area contributed by atoms with Crippen LogP contribution in [0, 0.1) is 0 Å². The molecule has 0 atom stereocenters. The van der Waals surface area contributed by atoms with Crippen molar-refractivity contribution in [1.29, 1.82) is 0 Å². The van der Waals surface area contributed by atoms with Gasteiger partial charge in [-0.15, -0.1) is 0 Å². The van der Waals surface area contributed by atoms with Crippen LogP contribution in [-0.4, -0.2) is 9.97 Å². The lowest BCUT2D eigenvalue weighted by Crippen LogP contribution is -2.12. The highest BCUT2D eigenvalue weighted by Crippen LogP contribution is 2.19. The van der Waals surface area contributed by atoms with E-state index in [-0.39, 0.29) is 5.82 Å². The number of H-pyrrole nitrogens is 1. The molecule has 0 saturated heterocycles. The summed E-state index contributed by atoms with van der Waals surface area (Å²) in [7, 11) is 0. The van der Waals surface area contributed by atoms with E-state index < -0.39 is 5.69 Å². The molecule has 13 heavy (non-hydrogen) atoms. The van der Waals surface area contributed by atoms with Crippen LogP contribution in [0.5, 0.6) is 0 Å². The predicted octanol–water partition coefficient (Wildman–Crippen LogP) is 1.27. The molecule has 0 unspecified atom stereocenters. The third-order valence-corrected chi connectivity index (χ3v) is 2.21. The fourth-order valence-corrected chi connectivity index (χ4v) is 1.51. The Hall–Kier alpha value is -1.36.